The van der Waals surface area contributed by atoms with E-state index in [-0.39, 0.29) is 17.9 Å². The maximum atomic E-state index is 12.8. The van der Waals surface area contributed by atoms with Gasteiger partial charge in [0.1, 0.15) is 0 Å². The number of likely N-dealkylation sites (tertiary alicyclic amines) is 1. The summed E-state index contributed by atoms with van der Waals surface area (Å²) in [5.74, 6) is -0.152. The first-order valence-corrected chi connectivity index (χ1v) is 8.33. The predicted octanol–water partition coefficient (Wildman–Crippen LogP) is 1.79. The van der Waals surface area contributed by atoms with Crippen LogP contribution in [-0.2, 0) is 11.3 Å². The minimum atomic E-state index is -0.114. The summed E-state index contributed by atoms with van der Waals surface area (Å²) in [6, 6.07) is 3.55. The van der Waals surface area contributed by atoms with Gasteiger partial charge in [0.05, 0.1) is 41.9 Å². The first-order valence-electron chi connectivity index (χ1n) is 8.33. The Morgan fingerprint density at radius 3 is 2.84 bits per heavy atom. The molecule has 1 N–H and O–H groups in total. The van der Waals surface area contributed by atoms with Crippen molar-refractivity contribution in [2.75, 3.05) is 6.54 Å². The summed E-state index contributed by atoms with van der Waals surface area (Å²) in [5, 5.41) is 2.71. The first-order chi connectivity index (χ1) is 12.0. The fourth-order valence-electron chi connectivity index (χ4n) is 2.96. The number of amides is 2. The van der Waals surface area contributed by atoms with Crippen LogP contribution in [0.15, 0.2) is 30.7 Å². The summed E-state index contributed by atoms with van der Waals surface area (Å²) in [6.07, 6.45) is 6.72. The maximum Gasteiger partial charge on any atom is 0.255 e. The van der Waals surface area contributed by atoms with Gasteiger partial charge in [-0.15, -0.1) is 0 Å². The van der Waals surface area contributed by atoms with Gasteiger partial charge in [-0.25, -0.2) is 0 Å². The molecule has 25 heavy (non-hydrogen) atoms. The zero-order valence-corrected chi connectivity index (χ0v) is 14.4. The van der Waals surface area contributed by atoms with Gasteiger partial charge >= 0.3 is 0 Å². The van der Waals surface area contributed by atoms with E-state index < -0.39 is 0 Å². The number of hydrogen-bond donors (Lipinski definition) is 1. The van der Waals surface area contributed by atoms with Gasteiger partial charge in [-0.3, -0.25) is 24.5 Å². The van der Waals surface area contributed by atoms with E-state index in [4.69, 9.17) is 0 Å². The molecule has 2 aromatic rings. The number of nitrogens with zero attached hydrogens (tertiary/aromatic N) is 4. The number of carbonyl (C=O) groups excluding carboxylic acids is 2. The average Bonchev–Trinajstić information content (AvgIpc) is 3.10. The van der Waals surface area contributed by atoms with Crippen molar-refractivity contribution in [2.24, 2.45) is 0 Å². The lowest BCUT2D eigenvalue weighted by molar-refractivity contribution is -0.119. The standard InChI is InChI=1S/C18H21N5O2/c1-12-5-6-14(8-20-12)18(25)23-7-3-4-17(23)16-11-19-9-15(22-16)10-21-13(2)24/h5-6,8-9,11,17H,3-4,7,10H2,1-2H3,(H,21,24)/t17-/m1/s1. The van der Waals surface area contributed by atoms with Crippen LogP contribution in [0.4, 0.5) is 0 Å². The third kappa shape index (κ3) is 3.99. The number of aromatic nitrogens is 3. The third-order valence-electron chi connectivity index (χ3n) is 4.23. The van der Waals surface area contributed by atoms with Crippen molar-refractivity contribution in [3.63, 3.8) is 0 Å². The minimum absolute atomic E-state index is 0.0379. The highest BCUT2D eigenvalue weighted by molar-refractivity contribution is 5.94. The number of aryl methyl sites for hydroxylation is 1. The molecule has 1 saturated heterocycles. The number of carbonyl (C=O) groups is 2. The van der Waals surface area contributed by atoms with Crippen LogP contribution in [0, 0.1) is 6.92 Å². The Bertz CT molecular complexity index is 775. The van der Waals surface area contributed by atoms with Crippen LogP contribution in [-0.4, -0.2) is 38.2 Å². The molecule has 130 valence electrons. The highest BCUT2D eigenvalue weighted by atomic mass is 16.2. The Morgan fingerprint density at radius 1 is 1.28 bits per heavy atom. The molecule has 0 radical (unpaired) electrons. The van der Waals surface area contributed by atoms with Gasteiger partial charge in [-0.2, -0.15) is 0 Å². The van der Waals surface area contributed by atoms with Gasteiger partial charge in [0.2, 0.25) is 5.91 Å². The van der Waals surface area contributed by atoms with E-state index >= 15 is 0 Å². The molecule has 1 fully saturated rings. The summed E-state index contributed by atoms with van der Waals surface area (Å²) < 4.78 is 0. The number of hydrogen-bond acceptors (Lipinski definition) is 5. The molecular weight excluding hydrogens is 318 g/mol. The average molecular weight is 339 g/mol. The van der Waals surface area contributed by atoms with E-state index in [0.29, 0.717) is 24.3 Å². The molecule has 7 heteroatoms. The number of rotatable bonds is 4. The van der Waals surface area contributed by atoms with Crippen molar-refractivity contribution >= 4 is 11.8 Å². The predicted molar refractivity (Wildman–Crippen MR) is 91.5 cm³/mol. The molecule has 0 unspecified atom stereocenters. The van der Waals surface area contributed by atoms with Gasteiger partial charge in [0.15, 0.2) is 0 Å². The van der Waals surface area contributed by atoms with Crippen LogP contribution in [0.2, 0.25) is 0 Å². The second kappa shape index (κ2) is 7.38. The summed E-state index contributed by atoms with van der Waals surface area (Å²) in [6.45, 7) is 4.38. The smallest absolute Gasteiger partial charge is 0.255 e. The lowest BCUT2D eigenvalue weighted by Gasteiger charge is -2.24. The van der Waals surface area contributed by atoms with Crippen LogP contribution in [0.5, 0.6) is 0 Å². The quantitative estimate of drug-likeness (QED) is 0.917. The molecule has 1 aliphatic rings. The lowest BCUT2D eigenvalue weighted by atomic mass is 10.1. The second-order valence-corrected chi connectivity index (χ2v) is 6.19. The third-order valence-corrected chi connectivity index (χ3v) is 4.23. The number of nitrogens with one attached hydrogen (secondary N) is 1. The summed E-state index contributed by atoms with van der Waals surface area (Å²) in [7, 11) is 0. The molecule has 7 nitrogen and oxygen atoms in total. The van der Waals surface area contributed by atoms with Crippen LogP contribution < -0.4 is 5.32 Å². The fraction of sp³-hybridized carbons (Fsp3) is 0.389. The van der Waals surface area contributed by atoms with Crippen molar-refractivity contribution in [1.29, 1.82) is 0 Å². The van der Waals surface area contributed by atoms with E-state index in [1.54, 1.807) is 24.7 Å². The second-order valence-electron chi connectivity index (χ2n) is 6.19. The van der Waals surface area contributed by atoms with Gasteiger partial charge in [-0.05, 0) is 31.9 Å². The van der Waals surface area contributed by atoms with E-state index in [9.17, 15) is 9.59 Å². The van der Waals surface area contributed by atoms with Gasteiger partial charge in [0.25, 0.3) is 5.91 Å². The Balaban J connectivity index is 1.79. The zero-order chi connectivity index (χ0) is 17.8. The molecule has 0 bridgehead atoms. The van der Waals surface area contributed by atoms with Crippen LogP contribution in [0.3, 0.4) is 0 Å². The highest BCUT2D eigenvalue weighted by Gasteiger charge is 2.32. The summed E-state index contributed by atoms with van der Waals surface area (Å²) in [5.41, 5.74) is 2.91. The van der Waals surface area contributed by atoms with Gasteiger partial charge in [-0.1, -0.05) is 0 Å². The normalized spacial score (nSPS) is 16.7. The van der Waals surface area contributed by atoms with Crippen LogP contribution in [0.25, 0.3) is 0 Å². The molecule has 1 atom stereocenters. The molecule has 1 aliphatic heterocycles. The molecule has 0 spiro atoms. The van der Waals surface area contributed by atoms with Crippen LogP contribution in [0.1, 0.15) is 53.2 Å². The largest absolute Gasteiger partial charge is 0.351 e. The van der Waals surface area contributed by atoms with Crippen molar-refractivity contribution in [1.82, 2.24) is 25.2 Å². The van der Waals surface area contributed by atoms with Gasteiger partial charge in [0, 0.05) is 25.4 Å². The van der Waals surface area contributed by atoms with Crippen molar-refractivity contribution in [3.05, 3.63) is 53.4 Å². The molecular formula is C18H21N5O2. The Hall–Kier alpha value is -2.83. The molecule has 3 heterocycles. The molecule has 2 aromatic heterocycles. The number of pyridine rings is 1. The van der Waals surface area contributed by atoms with E-state index in [1.165, 1.54) is 6.92 Å². The maximum absolute atomic E-state index is 12.8. The van der Waals surface area contributed by atoms with Gasteiger partial charge < -0.3 is 10.2 Å². The molecule has 0 aromatic carbocycles. The van der Waals surface area contributed by atoms with E-state index in [2.05, 4.69) is 20.3 Å². The zero-order valence-electron chi connectivity index (χ0n) is 14.4. The van der Waals surface area contributed by atoms with Crippen molar-refractivity contribution in [3.8, 4) is 0 Å². The topological polar surface area (TPSA) is 88.1 Å². The van der Waals surface area contributed by atoms with Crippen LogP contribution >= 0.6 is 0 Å². The fourth-order valence-corrected chi connectivity index (χ4v) is 2.96. The monoisotopic (exact) mass is 339 g/mol. The van der Waals surface area contributed by atoms with Crippen molar-refractivity contribution < 1.29 is 9.59 Å². The Morgan fingerprint density at radius 2 is 2.12 bits per heavy atom. The molecule has 0 saturated carbocycles. The molecule has 3 rings (SSSR count). The SMILES string of the molecule is CC(=O)NCc1cncc([C@H]2CCCN2C(=O)c2ccc(C)nc2)n1. The summed E-state index contributed by atoms with van der Waals surface area (Å²) in [4.78, 5) is 38.7. The first kappa shape index (κ1) is 17.0. The van der Waals surface area contributed by atoms with E-state index in [0.717, 1.165) is 24.2 Å². The van der Waals surface area contributed by atoms with Crippen molar-refractivity contribution in [2.45, 2.75) is 39.3 Å². The molecule has 2 amide bonds. The molecule has 0 aliphatic carbocycles. The lowest BCUT2D eigenvalue weighted by Crippen LogP contribution is -2.31. The summed E-state index contributed by atoms with van der Waals surface area (Å²) >= 11 is 0. The Kier molecular flexibility index (Phi) is 5.02. The highest BCUT2D eigenvalue weighted by Crippen LogP contribution is 2.31. The Labute approximate surface area is 146 Å². The minimum Gasteiger partial charge on any atom is -0.351 e. The van der Waals surface area contributed by atoms with E-state index in [1.807, 2.05) is 17.9 Å².